The van der Waals surface area contributed by atoms with Crippen LogP contribution < -0.4 is 5.73 Å². The van der Waals surface area contributed by atoms with Crippen LogP contribution in [0.1, 0.15) is 5.89 Å². The second-order valence-electron chi connectivity index (χ2n) is 2.57. The summed E-state index contributed by atoms with van der Waals surface area (Å²) < 4.78 is 5.93. The molecule has 8 heteroatoms. The highest BCUT2D eigenvalue weighted by Gasteiger charge is 2.10. The standard InChI is InChI=1S/C7H6BrN5OS/c1-3-12-13-7(14-3)15-5-4(8)2-10-6(9)11-5/h2H,1H3,(H2,9,10,11). The van der Waals surface area contributed by atoms with Crippen molar-refractivity contribution in [1.29, 1.82) is 0 Å². The smallest absolute Gasteiger partial charge is 0.282 e. The fourth-order valence-corrected chi connectivity index (χ4v) is 1.97. The second-order valence-corrected chi connectivity index (χ2v) is 4.36. The molecule has 0 amide bonds. The summed E-state index contributed by atoms with van der Waals surface area (Å²) in [7, 11) is 0. The Morgan fingerprint density at radius 2 is 2.27 bits per heavy atom. The number of anilines is 1. The predicted molar refractivity (Wildman–Crippen MR) is 57.3 cm³/mol. The Morgan fingerprint density at radius 1 is 1.47 bits per heavy atom. The molecule has 0 aromatic carbocycles. The van der Waals surface area contributed by atoms with Gasteiger partial charge in [-0.25, -0.2) is 9.97 Å². The van der Waals surface area contributed by atoms with Gasteiger partial charge in [-0.05, 0) is 27.7 Å². The highest BCUT2D eigenvalue weighted by Crippen LogP contribution is 2.30. The minimum absolute atomic E-state index is 0.205. The van der Waals surface area contributed by atoms with E-state index in [9.17, 15) is 0 Å². The van der Waals surface area contributed by atoms with Gasteiger partial charge in [-0.2, -0.15) is 0 Å². The first-order valence-corrected chi connectivity index (χ1v) is 5.52. The SMILES string of the molecule is Cc1nnc(Sc2nc(N)ncc2Br)o1. The molecule has 0 saturated heterocycles. The number of nitrogens with zero attached hydrogens (tertiary/aromatic N) is 4. The molecule has 0 spiro atoms. The average Bonchev–Trinajstić information content (AvgIpc) is 2.58. The number of aromatic nitrogens is 4. The van der Waals surface area contributed by atoms with Crippen LogP contribution in [-0.4, -0.2) is 20.2 Å². The molecular weight excluding hydrogens is 282 g/mol. The van der Waals surface area contributed by atoms with Crippen LogP contribution in [0.4, 0.5) is 5.95 Å². The van der Waals surface area contributed by atoms with E-state index >= 15 is 0 Å². The van der Waals surface area contributed by atoms with Gasteiger partial charge in [-0.1, -0.05) is 0 Å². The summed E-state index contributed by atoms with van der Waals surface area (Å²) in [6.07, 6.45) is 1.58. The molecule has 6 nitrogen and oxygen atoms in total. The topological polar surface area (TPSA) is 90.7 Å². The van der Waals surface area contributed by atoms with Crippen molar-refractivity contribution in [3.8, 4) is 0 Å². The zero-order valence-electron chi connectivity index (χ0n) is 7.64. The van der Waals surface area contributed by atoms with Crippen molar-refractivity contribution in [1.82, 2.24) is 20.2 Å². The molecule has 15 heavy (non-hydrogen) atoms. The van der Waals surface area contributed by atoms with Crippen molar-refractivity contribution in [2.45, 2.75) is 17.2 Å². The summed E-state index contributed by atoms with van der Waals surface area (Å²) in [6, 6.07) is 0. The lowest BCUT2D eigenvalue weighted by Gasteiger charge is -1.99. The van der Waals surface area contributed by atoms with Gasteiger partial charge in [0.1, 0.15) is 5.03 Å². The Morgan fingerprint density at radius 3 is 2.93 bits per heavy atom. The Balaban J connectivity index is 2.27. The number of rotatable bonds is 2. The van der Waals surface area contributed by atoms with Crippen molar-refractivity contribution >= 4 is 33.6 Å². The van der Waals surface area contributed by atoms with Gasteiger partial charge in [0.2, 0.25) is 11.8 Å². The van der Waals surface area contributed by atoms with E-state index in [1.165, 1.54) is 11.8 Å². The van der Waals surface area contributed by atoms with Crippen LogP contribution in [0, 0.1) is 6.92 Å². The van der Waals surface area contributed by atoms with Gasteiger partial charge < -0.3 is 10.2 Å². The molecule has 0 aliphatic carbocycles. The number of hydrogen-bond acceptors (Lipinski definition) is 7. The molecule has 0 radical (unpaired) electrons. The van der Waals surface area contributed by atoms with Gasteiger partial charge in [-0.15, -0.1) is 10.2 Å². The van der Waals surface area contributed by atoms with E-state index in [0.717, 1.165) is 4.47 Å². The Labute approximate surface area is 97.8 Å². The quantitative estimate of drug-likeness (QED) is 0.840. The van der Waals surface area contributed by atoms with Crippen molar-refractivity contribution in [2.24, 2.45) is 0 Å². The van der Waals surface area contributed by atoms with E-state index in [4.69, 9.17) is 10.2 Å². The highest BCUT2D eigenvalue weighted by molar-refractivity contribution is 9.10. The number of halogens is 1. The van der Waals surface area contributed by atoms with Crippen LogP contribution in [0.15, 0.2) is 25.3 Å². The summed E-state index contributed by atoms with van der Waals surface area (Å²) in [6.45, 7) is 1.72. The van der Waals surface area contributed by atoms with Crippen LogP contribution in [0.2, 0.25) is 0 Å². The molecule has 2 N–H and O–H groups in total. The van der Waals surface area contributed by atoms with Crippen molar-refractivity contribution in [2.75, 3.05) is 5.73 Å². The van der Waals surface area contributed by atoms with Crippen molar-refractivity contribution in [3.05, 3.63) is 16.6 Å². The van der Waals surface area contributed by atoms with Gasteiger partial charge >= 0.3 is 0 Å². The third-order valence-corrected chi connectivity index (χ3v) is 3.11. The summed E-state index contributed by atoms with van der Waals surface area (Å²) in [4.78, 5) is 7.86. The Kier molecular flexibility index (Phi) is 2.87. The van der Waals surface area contributed by atoms with Gasteiger partial charge in [-0.3, -0.25) is 0 Å². The van der Waals surface area contributed by atoms with Gasteiger partial charge in [0.05, 0.1) is 4.47 Å². The summed E-state index contributed by atoms with van der Waals surface area (Å²) in [5.41, 5.74) is 5.46. The van der Waals surface area contributed by atoms with Crippen LogP contribution in [-0.2, 0) is 0 Å². The largest absolute Gasteiger partial charge is 0.416 e. The van der Waals surface area contributed by atoms with Crippen LogP contribution in [0.25, 0.3) is 0 Å². The van der Waals surface area contributed by atoms with Crippen molar-refractivity contribution in [3.63, 3.8) is 0 Å². The lowest BCUT2D eigenvalue weighted by Crippen LogP contribution is -1.95. The normalized spacial score (nSPS) is 10.5. The third-order valence-electron chi connectivity index (χ3n) is 1.42. The molecule has 2 aromatic heterocycles. The third kappa shape index (κ3) is 2.45. The summed E-state index contributed by atoms with van der Waals surface area (Å²) in [5, 5.41) is 8.61. The van der Waals surface area contributed by atoms with Crippen molar-refractivity contribution < 1.29 is 4.42 Å². The first-order chi connectivity index (χ1) is 7.15. The van der Waals surface area contributed by atoms with Crippen LogP contribution >= 0.6 is 27.7 Å². The van der Waals surface area contributed by atoms with Gasteiger partial charge in [0, 0.05) is 13.1 Å². The number of aryl methyl sites for hydroxylation is 1. The lowest BCUT2D eigenvalue weighted by molar-refractivity contribution is 0.429. The molecule has 0 aliphatic heterocycles. The van der Waals surface area contributed by atoms with E-state index in [2.05, 4.69) is 36.1 Å². The maximum absolute atomic E-state index is 5.46. The number of nitrogens with two attached hydrogens (primary N) is 1. The Hall–Kier alpha value is -1.15. The maximum atomic E-state index is 5.46. The monoisotopic (exact) mass is 287 g/mol. The minimum atomic E-state index is 0.205. The molecule has 0 atom stereocenters. The molecule has 0 aliphatic rings. The molecule has 0 saturated carbocycles. The highest BCUT2D eigenvalue weighted by atomic mass is 79.9. The number of hydrogen-bond donors (Lipinski definition) is 1. The molecule has 0 unspecified atom stereocenters. The average molecular weight is 288 g/mol. The first kappa shape index (κ1) is 10.4. The van der Waals surface area contributed by atoms with E-state index in [1.54, 1.807) is 13.1 Å². The van der Waals surface area contributed by atoms with Crippen LogP contribution in [0.3, 0.4) is 0 Å². The zero-order chi connectivity index (χ0) is 10.8. The van der Waals surface area contributed by atoms with E-state index in [0.29, 0.717) is 16.1 Å². The second kappa shape index (κ2) is 4.15. The fraction of sp³-hybridized carbons (Fsp3) is 0.143. The van der Waals surface area contributed by atoms with Crippen LogP contribution in [0.5, 0.6) is 0 Å². The molecule has 0 fully saturated rings. The number of nitrogen functional groups attached to an aromatic ring is 1. The van der Waals surface area contributed by atoms with Gasteiger partial charge in [0.15, 0.2) is 0 Å². The minimum Gasteiger partial charge on any atom is -0.416 e. The molecule has 2 rings (SSSR count). The fourth-order valence-electron chi connectivity index (χ4n) is 0.838. The summed E-state index contributed by atoms with van der Waals surface area (Å²) >= 11 is 4.53. The lowest BCUT2D eigenvalue weighted by atomic mass is 10.7. The van der Waals surface area contributed by atoms with E-state index in [1.807, 2.05) is 0 Å². The zero-order valence-corrected chi connectivity index (χ0v) is 10.0. The molecule has 2 heterocycles. The van der Waals surface area contributed by atoms with E-state index in [-0.39, 0.29) is 5.95 Å². The molecule has 2 aromatic rings. The van der Waals surface area contributed by atoms with E-state index < -0.39 is 0 Å². The first-order valence-electron chi connectivity index (χ1n) is 3.91. The summed E-state index contributed by atoms with van der Waals surface area (Å²) in [5.74, 6) is 0.715. The Bertz CT molecular complexity index is 488. The predicted octanol–water partition coefficient (Wildman–Crippen LogP) is 1.66. The maximum Gasteiger partial charge on any atom is 0.282 e. The molecule has 0 bridgehead atoms. The molecule has 78 valence electrons. The van der Waals surface area contributed by atoms with Gasteiger partial charge in [0.25, 0.3) is 5.22 Å². The molecular formula is C7H6BrN5OS.